The molecule has 3 heterocycles. The maximum atomic E-state index is 12.7. The van der Waals surface area contributed by atoms with Crippen LogP contribution in [0.3, 0.4) is 0 Å². The Balaban J connectivity index is 1.37. The summed E-state index contributed by atoms with van der Waals surface area (Å²) in [5, 5.41) is 15.3. The summed E-state index contributed by atoms with van der Waals surface area (Å²) in [5.41, 5.74) is 1.41. The topological polar surface area (TPSA) is 93.9 Å². The first-order valence-electron chi connectivity index (χ1n) is 9.13. The second-order valence-corrected chi connectivity index (χ2v) is 6.65. The molecule has 1 N–H and O–H groups in total. The minimum atomic E-state index is -0.0389. The molecule has 4 rings (SSSR count). The normalized spacial score (nSPS) is 14.9. The van der Waals surface area contributed by atoms with E-state index in [2.05, 4.69) is 25.5 Å². The largest absolute Gasteiger partial charge is 0.493 e. The van der Waals surface area contributed by atoms with Gasteiger partial charge in [0, 0.05) is 30.8 Å². The summed E-state index contributed by atoms with van der Waals surface area (Å²) >= 11 is 0. The lowest BCUT2D eigenvalue weighted by Crippen LogP contribution is -2.38. The lowest BCUT2D eigenvalue weighted by atomic mass is 9.96. The summed E-state index contributed by atoms with van der Waals surface area (Å²) in [6.45, 7) is 1.54. The fourth-order valence-corrected chi connectivity index (χ4v) is 3.42. The van der Waals surface area contributed by atoms with Gasteiger partial charge in [0.15, 0.2) is 17.1 Å². The van der Waals surface area contributed by atoms with E-state index >= 15 is 0 Å². The molecule has 0 spiro atoms. The number of aromatic nitrogens is 4. The molecular weight excluding hydrogens is 360 g/mol. The zero-order valence-electron chi connectivity index (χ0n) is 15.8. The van der Waals surface area contributed by atoms with E-state index in [9.17, 15) is 4.79 Å². The maximum absolute atomic E-state index is 12.7. The van der Waals surface area contributed by atoms with E-state index in [0.717, 1.165) is 31.7 Å². The summed E-state index contributed by atoms with van der Waals surface area (Å²) < 4.78 is 12.2. The SMILES string of the molecule is COc1ccc(NC(=O)C2CCN(c3ccc4nncn4n3)CC2)cc1OC. The van der Waals surface area contributed by atoms with Crippen LogP contribution >= 0.6 is 0 Å². The van der Waals surface area contributed by atoms with Gasteiger partial charge in [0.25, 0.3) is 0 Å². The fourth-order valence-electron chi connectivity index (χ4n) is 3.42. The van der Waals surface area contributed by atoms with Crippen LogP contribution in [0.4, 0.5) is 11.5 Å². The molecule has 0 bridgehead atoms. The molecule has 146 valence electrons. The van der Waals surface area contributed by atoms with Crippen LogP contribution in [0.15, 0.2) is 36.7 Å². The van der Waals surface area contributed by atoms with Crippen molar-refractivity contribution in [3.8, 4) is 11.5 Å². The van der Waals surface area contributed by atoms with E-state index in [1.165, 1.54) is 0 Å². The Hall–Kier alpha value is -3.36. The van der Waals surface area contributed by atoms with Crippen molar-refractivity contribution >= 4 is 23.1 Å². The molecule has 1 fully saturated rings. The monoisotopic (exact) mass is 382 g/mol. The highest BCUT2D eigenvalue weighted by molar-refractivity contribution is 5.93. The molecule has 9 heteroatoms. The molecule has 1 saturated heterocycles. The first-order valence-corrected chi connectivity index (χ1v) is 9.13. The van der Waals surface area contributed by atoms with Crippen LogP contribution in [0.25, 0.3) is 5.65 Å². The highest BCUT2D eigenvalue weighted by Crippen LogP contribution is 2.30. The quantitative estimate of drug-likeness (QED) is 0.721. The smallest absolute Gasteiger partial charge is 0.227 e. The molecule has 1 aliphatic heterocycles. The fraction of sp³-hybridized carbons (Fsp3) is 0.368. The van der Waals surface area contributed by atoms with Crippen molar-refractivity contribution in [3.63, 3.8) is 0 Å². The number of fused-ring (bicyclic) bond motifs is 1. The van der Waals surface area contributed by atoms with Gasteiger partial charge in [-0.2, -0.15) is 4.52 Å². The number of piperidine rings is 1. The summed E-state index contributed by atoms with van der Waals surface area (Å²) in [7, 11) is 3.16. The summed E-state index contributed by atoms with van der Waals surface area (Å²) in [5.74, 6) is 2.07. The van der Waals surface area contributed by atoms with Gasteiger partial charge in [-0.25, -0.2) is 0 Å². The van der Waals surface area contributed by atoms with Gasteiger partial charge < -0.3 is 19.7 Å². The van der Waals surface area contributed by atoms with Gasteiger partial charge in [0.05, 0.1) is 14.2 Å². The van der Waals surface area contributed by atoms with Crippen LogP contribution in [-0.2, 0) is 4.79 Å². The average molecular weight is 382 g/mol. The number of carbonyl (C=O) groups excluding carboxylic acids is 1. The van der Waals surface area contributed by atoms with Gasteiger partial charge >= 0.3 is 0 Å². The van der Waals surface area contributed by atoms with Crippen LogP contribution in [0.5, 0.6) is 11.5 Å². The van der Waals surface area contributed by atoms with E-state index in [1.807, 2.05) is 18.2 Å². The highest BCUT2D eigenvalue weighted by atomic mass is 16.5. The minimum Gasteiger partial charge on any atom is -0.493 e. The van der Waals surface area contributed by atoms with Crippen LogP contribution in [0.2, 0.25) is 0 Å². The molecule has 1 amide bonds. The Morgan fingerprint density at radius 1 is 1.11 bits per heavy atom. The highest BCUT2D eigenvalue weighted by Gasteiger charge is 2.26. The maximum Gasteiger partial charge on any atom is 0.227 e. The lowest BCUT2D eigenvalue weighted by molar-refractivity contribution is -0.120. The number of nitrogens with zero attached hydrogens (tertiary/aromatic N) is 5. The third-order valence-corrected chi connectivity index (χ3v) is 4.99. The third-order valence-electron chi connectivity index (χ3n) is 4.99. The molecule has 28 heavy (non-hydrogen) atoms. The van der Waals surface area contributed by atoms with E-state index in [0.29, 0.717) is 22.8 Å². The van der Waals surface area contributed by atoms with E-state index in [4.69, 9.17) is 9.47 Å². The first-order chi connectivity index (χ1) is 13.7. The summed E-state index contributed by atoms with van der Waals surface area (Å²) in [4.78, 5) is 14.8. The molecule has 1 aliphatic rings. The number of nitrogens with one attached hydrogen (secondary N) is 1. The van der Waals surface area contributed by atoms with E-state index in [-0.39, 0.29) is 11.8 Å². The van der Waals surface area contributed by atoms with Gasteiger partial charge in [-0.3, -0.25) is 4.79 Å². The number of hydrogen-bond donors (Lipinski definition) is 1. The number of carbonyl (C=O) groups is 1. The number of ether oxygens (including phenoxy) is 2. The number of rotatable bonds is 5. The Bertz CT molecular complexity index is 981. The molecule has 0 radical (unpaired) electrons. The Morgan fingerprint density at radius 3 is 2.64 bits per heavy atom. The summed E-state index contributed by atoms with van der Waals surface area (Å²) in [6, 6.07) is 9.19. The second-order valence-electron chi connectivity index (χ2n) is 6.65. The van der Waals surface area contributed by atoms with Crippen molar-refractivity contribution in [1.82, 2.24) is 19.8 Å². The van der Waals surface area contributed by atoms with Crippen molar-refractivity contribution in [3.05, 3.63) is 36.7 Å². The zero-order valence-corrected chi connectivity index (χ0v) is 15.8. The molecule has 0 aliphatic carbocycles. The molecule has 9 nitrogen and oxygen atoms in total. The van der Waals surface area contributed by atoms with Gasteiger partial charge in [0.1, 0.15) is 12.1 Å². The number of amides is 1. The number of hydrogen-bond acceptors (Lipinski definition) is 7. The van der Waals surface area contributed by atoms with Crippen LogP contribution in [-0.4, -0.2) is 53.0 Å². The van der Waals surface area contributed by atoms with Crippen LogP contribution < -0.4 is 19.7 Å². The van der Waals surface area contributed by atoms with E-state index in [1.54, 1.807) is 37.2 Å². The van der Waals surface area contributed by atoms with Gasteiger partial charge in [-0.05, 0) is 37.1 Å². The van der Waals surface area contributed by atoms with Gasteiger partial charge in [0.2, 0.25) is 5.91 Å². The standard InChI is InChI=1S/C19H22N6O3/c1-27-15-4-3-14(11-16(15)28-2)21-19(26)13-7-9-24(10-8-13)18-6-5-17-22-20-12-25(17)23-18/h3-6,11-13H,7-10H2,1-2H3,(H,21,26). The molecule has 0 atom stereocenters. The number of benzene rings is 1. The van der Waals surface area contributed by atoms with E-state index < -0.39 is 0 Å². The predicted molar refractivity (Wildman–Crippen MR) is 104 cm³/mol. The van der Waals surface area contributed by atoms with Crippen molar-refractivity contribution in [1.29, 1.82) is 0 Å². The van der Waals surface area contributed by atoms with Gasteiger partial charge in [-0.1, -0.05) is 0 Å². The Morgan fingerprint density at radius 2 is 1.89 bits per heavy atom. The van der Waals surface area contributed by atoms with Crippen molar-refractivity contribution < 1.29 is 14.3 Å². The van der Waals surface area contributed by atoms with Crippen molar-refractivity contribution in [2.45, 2.75) is 12.8 Å². The minimum absolute atomic E-state index is 0.0223. The Labute approximate surface area is 162 Å². The molecule has 3 aromatic rings. The molecular formula is C19H22N6O3. The van der Waals surface area contributed by atoms with Crippen molar-refractivity contribution in [2.24, 2.45) is 5.92 Å². The molecule has 0 saturated carbocycles. The second kappa shape index (κ2) is 7.71. The number of anilines is 2. The predicted octanol–water partition coefficient (Wildman–Crippen LogP) is 2.00. The third kappa shape index (κ3) is 3.55. The first kappa shape index (κ1) is 18.0. The molecule has 2 aromatic heterocycles. The van der Waals surface area contributed by atoms with Crippen LogP contribution in [0.1, 0.15) is 12.8 Å². The Kier molecular flexibility index (Phi) is 4.96. The summed E-state index contributed by atoms with van der Waals surface area (Å²) in [6.07, 6.45) is 3.12. The van der Waals surface area contributed by atoms with Gasteiger partial charge in [-0.15, -0.1) is 15.3 Å². The molecule has 0 unspecified atom stereocenters. The van der Waals surface area contributed by atoms with Crippen LogP contribution in [0, 0.1) is 5.92 Å². The molecule has 1 aromatic carbocycles. The van der Waals surface area contributed by atoms with Crippen molar-refractivity contribution in [2.75, 3.05) is 37.5 Å². The number of methoxy groups -OCH3 is 2. The lowest BCUT2D eigenvalue weighted by Gasteiger charge is -2.32. The average Bonchev–Trinajstić information content (AvgIpc) is 3.21. The zero-order chi connectivity index (χ0) is 19.5.